The molecule has 2 rings (SSSR count). The zero-order chi connectivity index (χ0) is 12.3. The van der Waals surface area contributed by atoms with Crippen molar-refractivity contribution < 1.29 is 4.92 Å². The van der Waals surface area contributed by atoms with E-state index in [0.29, 0.717) is 10.9 Å². The molecule has 86 valence electrons. The van der Waals surface area contributed by atoms with Crippen LogP contribution in [0.15, 0.2) is 47.1 Å². The first kappa shape index (κ1) is 11.7. The molecule has 0 aliphatic carbocycles. The molecule has 0 amide bonds. The zero-order valence-corrected chi connectivity index (χ0v) is 10.4. The lowest BCUT2D eigenvalue weighted by Crippen LogP contribution is -1.96. The van der Waals surface area contributed by atoms with Gasteiger partial charge in [-0.05, 0) is 37.5 Å². The van der Waals surface area contributed by atoms with Crippen molar-refractivity contribution in [3.05, 3.63) is 68.3 Å². The smallest absolute Gasteiger partial charge is 0.358 e. The lowest BCUT2D eigenvalue weighted by atomic mass is 10.1. The molecule has 2 aromatic rings. The van der Waals surface area contributed by atoms with Crippen LogP contribution in [-0.4, -0.2) is 9.91 Å². The highest BCUT2D eigenvalue weighted by atomic mass is 79.9. The highest BCUT2D eigenvalue weighted by Gasteiger charge is 2.13. The molecule has 0 saturated carbocycles. The Hall–Kier alpha value is -1.75. The molecule has 0 aliphatic rings. The molecular formula is C12H9BrN2O2. The van der Waals surface area contributed by atoms with E-state index in [-0.39, 0.29) is 5.82 Å². The number of benzene rings is 1. The second kappa shape index (κ2) is 5.05. The minimum atomic E-state index is -0.504. The van der Waals surface area contributed by atoms with Crippen molar-refractivity contribution in [1.29, 1.82) is 0 Å². The molecule has 4 nitrogen and oxygen atoms in total. The number of nitro groups is 1. The normalized spacial score (nSPS) is 10.2. The van der Waals surface area contributed by atoms with Crippen LogP contribution in [0.2, 0.25) is 0 Å². The highest BCUT2D eigenvalue weighted by molar-refractivity contribution is 9.10. The second-order valence-corrected chi connectivity index (χ2v) is 4.42. The maximum absolute atomic E-state index is 10.6. The average Bonchev–Trinajstić information content (AvgIpc) is 2.30. The van der Waals surface area contributed by atoms with Crippen LogP contribution in [0.4, 0.5) is 5.82 Å². The third-order valence-electron chi connectivity index (χ3n) is 2.30. The summed E-state index contributed by atoms with van der Waals surface area (Å²) >= 11 is 3.16. The first-order valence-electron chi connectivity index (χ1n) is 4.99. The van der Waals surface area contributed by atoms with E-state index in [4.69, 9.17) is 0 Å². The average molecular weight is 293 g/mol. The molecule has 0 spiro atoms. The van der Waals surface area contributed by atoms with Crippen LogP contribution in [-0.2, 0) is 6.42 Å². The molecule has 1 aromatic carbocycles. The van der Waals surface area contributed by atoms with Gasteiger partial charge in [0.05, 0.1) is 0 Å². The number of hydrogen-bond donors (Lipinski definition) is 0. The van der Waals surface area contributed by atoms with Crippen molar-refractivity contribution in [2.75, 3.05) is 0 Å². The molecule has 0 unspecified atom stereocenters. The summed E-state index contributed by atoms with van der Waals surface area (Å²) in [5, 5.41) is 10.6. The van der Waals surface area contributed by atoms with Gasteiger partial charge in [0.1, 0.15) is 10.7 Å². The number of hydrogen-bond acceptors (Lipinski definition) is 3. The summed E-state index contributed by atoms with van der Waals surface area (Å²) in [7, 11) is 0. The van der Waals surface area contributed by atoms with Gasteiger partial charge in [-0.3, -0.25) is 0 Å². The van der Waals surface area contributed by atoms with Gasteiger partial charge < -0.3 is 10.1 Å². The Kier molecular flexibility index (Phi) is 3.49. The van der Waals surface area contributed by atoms with Crippen molar-refractivity contribution >= 4 is 21.7 Å². The zero-order valence-electron chi connectivity index (χ0n) is 8.84. The Balaban J connectivity index is 2.24. The minimum absolute atomic E-state index is 0.151. The van der Waals surface area contributed by atoms with Gasteiger partial charge in [0, 0.05) is 12.0 Å². The van der Waals surface area contributed by atoms with Crippen LogP contribution in [0, 0.1) is 10.1 Å². The van der Waals surface area contributed by atoms with Gasteiger partial charge in [-0.15, -0.1) is 0 Å². The Bertz CT molecular complexity index is 543. The predicted molar refractivity (Wildman–Crippen MR) is 67.8 cm³/mol. The van der Waals surface area contributed by atoms with E-state index in [0.717, 1.165) is 11.1 Å². The van der Waals surface area contributed by atoms with E-state index in [1.165, 1.54) is 6.20 Å². The minimum Gasteiger partial charge on any atom is -0.358 e. The van der Waals surface area contributed by atoms with Gasteiger partial charge in [0.25, 0.3) is 0 Å². The number of rotatable bonds is 3. The molecule has 0 N–H and O–H groups in total. The maximum atomic E-state index is 10.6. The maximum Gasteiger partial charge on any atom is 0.377 e. The summed E-state index contributed by atoms with van der Waals surface area (Å²) in [6, 6.07) is 11.6. The molecule has 17 heavy (non-hydrogen) atoms. The van der Waals surface area contributed by atoms with E-state index < -0.39 is 4.92 Å². The molecule has 0 radical (unpaired) electrons. The Morgan fingerprint density at radius 3 is 2.53 bits per heavy atom. The van der Waals surface area contributed by atoms with E-state index in [1.807, 2.05) is 30.3 Å². The molecule has 5 heteroatoms. The van der Waals surface area contributed by atoms with Crippen molar-refractivity contribution in [2.45, 2.75) is 6.42 Å². The van der Waals surface area contributed by atoms with Crippen LogP contribution < -0.4 is 0 Å². The molecule has 0 bridgehead atoms. The van der Waals surface area contributed by atoms with Crippen molar-refractivity contribution in [1.82, 2.24) is 4.98 Å². The number of nitrogens with zero attached hydrogens (tertiary/aromatic N) is 2. The van der Waals surface area contributed by atoms with E-state index in [9.17, 15) is 10.1 Å². The van der Waals surface area contributed by atoms with Crippen LogP contribution in [0.3, 0.4) is 0 Å². The number of pyridine rings is 1. The fourth-order valence-corrected chi connectivity index (χ4v) is 2.07. The van der Waals surface area contributed by atoms with E-state index in [2.05, 4.69) is 20.9 Å². The Labute approximate surface area is 107 Å². The monoisotopic (exact) mass is 292 g/mol. The molecule has 0 atom stereocenters. The Morgan fingerprint density at radius 1 is 1.24 bits per heavy atom. The van der Waals surface area contributed by atoms with Crippen LogP contribution in [0.25, 0.3) is 0 Å². The number of halogens is 1. The quantitative estimate of drug-likeness (QED) is 0.644. The van der Waals surface area contributed by atoms with Crippen molar-refractivity contribution in [3.8, 4) is 0 Å². The molecule has 1 aromatic heterocycles. The SMILES string of the molecule is O=[N+]([O-])c1ncc(Cc2ccccc2)cc1Br. The first-order chi connectivity index (χ1) is 8.16. The fourth-order valence-electron chi connectivity index (χ4n) is 1.53. The van der Waals surface area contributed by atoms with Crippen LogP contribution >= 0.6 is 15.9 Å². The summed E-state index contributed by atoms with van der Waals surface area (Å²) in [6.45, 7) is 0. The summed E-state index contributed by atoms with van der Waals surface area (Å²) in [4.78, 5) is 13.9. The molecule has 0 fully saturated rings. The molecular weight excluding hydrogens is 284 g/mol. The van der Waals surface area contributed by atoms with Gasteiger partial charge in [-0.1, -0.05) is 30.3 Å². The third-order valence-corrected chi connectivity index (χ3v) is 2.89. The third kappa shape index (κ3) is 2.88. The lowest BCUT2D eigenvalue weighted by Gasteiger charge is -2.01. The second-order valence-electron chi connectivity index (χ2n) is 3.57. The van der Waals surface area contributed by atoms with Crippen molar-refractivity contribution in [3.63, 3.8) is 0 Å². The molecule has 0 saturated heterocycles. The molecule has 1 heterocycles. The first-order valence-corrected chi connectivity index (χ1v) is 5.79. The predicted octanol–water partition coefficient (Wildman–Crippen LogP) is 3.34. The van der Waals surface area contributed by atoms with Gasteiger partial charge >= 0.3 is 5.82 Å². The van der Waals surface area contributed by atoms with Crippen LogP contribution in [0.5, 0.6) is 0 Å². The van der Waals surface area contributed by atoms with Gasteiger partial charge in [0.15, 0.2) is 0 Å². The van der Waals surface area contributed by atoms with Gasteiger partial charge in [-0.25, -0.2) is 0 Å². The van der Waals surface area contributed by atoms with Gasteiger partial charge in [0.2, 0.25) is 0 Å². The topological polar surface area (TPSA) is 56.0 Å². The summed E-state index contributed by atoms with van der Waals surface area (Å²) in [6.07, 6.45) is 2.25. The Morgan fingerprint density at radius 2 is 1.94 bits per heavy atom. The van der Waals surface area contributed by atoms with Gasteiger partial charge in [-0.2, -0.15) is 0 Å². The standard InChI is InChI=1S/C12H9BrN2O2/c13-11-7-10(8-14-12(11)15(16)17)6-9-4-2-1-3-5-9/h1-5,7-8H,6H2. The summed E-state index contributed by atoms with van der Waals surface area (Å²) in [5.74, 6) is -0.151. The molecule has 0 aliphatic heterocycles. The summed E-state index contributed by atoms with van der Waals surface area (Å²) < 4.78 is 0.413. The van der Waals surface area contributed by atoms with E-state index >= 15 is 0 Å². The highest BCUT2D eigenvalue weighted by Crippen LogP contribution is 2.23. The summed E-state index contributed by atoms with van der Waals surface area (Å²) in [5.41, 5.74) is 2.09. The number of aromatic nitrogens is 1. The lowest BCUT2D eigenvalue weighted by molar-refractivity contribution is -0.390. The largest absolute Gasteiger partial charge is 0.377 e. The fraction of sp³-hybridized carbons (Fsp3) is 0.0833. The van der Waals surface area contributed by atoms with E-state index in [1.54, 1.807) is 6.07 Å². The van der Waals surface area contributed by atoms with Crippen molar-refractivity contribution in [2.24, 2.45) is 0 Å². The van der Waals surface area contributed by atoms with Crippen LogP contribution in [0.1, 0.15) is 11.1 Å².